The predicted molar refractivity (Wildman–Crippen MR) is 53.0 cm³/mol. The van der Waals surface area contributed by atoms with Crippen molar-refractivity contribution in [1.82, 2.24) is 4.98 Å². The number of nitrogens with zero attached hydrogens (tertiary/aromatic N) is 1. The van der Waals surface area contributed by atoms with Crippen molar-refractivity contribution in [2.75, 3.05) is 5.73 Å². The number of aryl methyl sites for hydroxylation is 1. The van der Waals surface area contributed by atoms with Crippen molar-refractivity contribution in [2.24, 2.45) is 5.73 Å². The molecule has 76 valence electrons. The second kappa shape index (κ2) is 3.45. The summed E-state index contributed by atoms with van der Waals surface area (Å²) < 4.78 is 4.93. The Morgan fingerprint density at radius 1 is 1.64 bits per heavy atom. The van der Waals surface area contributed by atoms with Crippen molar-refractivity contribution in [3.05, 3.63) is 10.6 Å². The molecule has 14 heavy (non-hydrogen) atoms. The van der Waals surface area contributed by atoms with Gasteiger partial charge >= 0.3 is 6.09 Å². The van der Waals surface area contributed by atoms with Crippen molar-refractivity contribution in [2.45, 2.75) is 25.4 Å². The van der Waals surface area contributed by atoms with E-state index in [2.05, 4.69) is 4.98 Å². The summed E-state index contributed by atoms with van der Waals surface area (Å²) in [6, 6.07) is 0. The van der Waals surface area contributed by atoms with Crippen LogP contribution in [-0.2, 0) is 17.6 Å². The molecule has 4 N–H and O–H groups in total. The Bertz CT molecular complexity index is 363. The molecule has 1 aromatic heterocycles. The number of amides is 1. The lowest BCUT2D eigenvalue weighted by Crippen LogP contribution is -2.27. The van der Waals surface area contributed by atoms with Crippen LogP contribution in [0.1, 0.15) is 17.0 Å². The highest BCUT2D eigenvalue weighted by Gasteiger charge is 2.23. The average Bonchev–Trinajstić information content (AvgIpc) is 2.42. The lowest BCUT2D eigenvalue weighted by atomic mass is 10.0. The molecule has 2 rings (SSSR count). The number of rotatable bonds is 1. The van der Waals surface area contributed by atoms with E-state index in [0.29, 0.717) is 11.6 Å². The quantitative estimate of drug-likeness (QED) is 0.717. The Kier molecular flexibility index (Phi) is 2.28. The van der Waals surface area contributed by atoms with Crippen LogP contribution in [-0.4, -0.2) is 17.2 Å². The van der Waals surface area contributed by atoms with E-state index in [1.165, 1.54) is 11.3 Å². The summed E-state index contributed by atoms with van der Waals surface area (Å²) in [4.78, 5) is 15.8. The first kappa shape index (κ1) is 9.26. The number of aromatic nitrogens is 1. The summed E-state index contributed by atoms with van der Waals surface area (Å²) >= 11 is 1.46. The monoisotopic (exact) mass is 213 g/mol. The number of carbonyl (C=O) groups excluding carboxylic acids is 1. The minimum Gasteiger partial charge on any atom is -0.446 e. The largest absolute Gasteiger partial charge is 0.446 e. The SMILES string of the molecule is NC(=O)OC1CCc2nc(N)sc2C1. The first-order valence-corrected chi connectivity index (χ1v) is 5.17. The summed E-state index contributed by atoms with van der Waals surface area (Å²) in [6.07, 6.45) is 1.45. The van der Waals surface area contributed by atoms with Crippen LogP contribution in [0, 0.1) is 0 Å². The van der Waals surface area contributed by atoms with Gasteiger partial charge < -0.3 is 16.2 Å². The van der Waals surface area contributed by atoms with Crippen LogP contribution in [0.4, 0.5) is 9.93 Å². The fraction of sp³-hybridized carbons (Fsp3) is 0.500. The second-order valence-electron chi connectivity index (χ2n) is 3.22. The molecule has 0 saturated carbocycles. The maximum Gasteiger partial charge on any atom is 0.404 e. The van der Waals surface area contributed by atoms with Crippen LogP contribution < -0.4 is 11.5 Å². The Balaban J connectivity index is 2.09. The van der Waals surface area contributed by atoms with Crippen molar-refractivity contribution >= 4 is 22.6 Å². The number of primary amides is 1. The van der Waals surface area contributed by atoms with E-state index in [4.69, 9.17) is 16.2 Å². The zero-order valence-electron chi connectivity index (χ0n) is 7.53. The summed E-state index contributed by atoms with van der Waals surface area (Å²) in [5, 5.41) is 0.578. The molecule has 1 aromatic rings. The van der Waals surface area contributed by atoms with Gasteiger partial charge in [0.15, 0.2) is 5.13 Å². The van der Waals surface area contributed by atoms with Crippen LogP contribution in [0.3, 0.4) is 0 Å². The first-order chi connectivity index (χ1) is 6.65. The van der Waals surface area contributed by atoms with Gasteiger partial charge in [-0.2, -0.15) is 0 Å². The third-order valence-corrected chi connectivity index (χ3v) is 3.14. The van der Waals surface area contributed by atoms with E-state index in [9.17, 15) is 4.79 Å². The fourth-order valence-electron chi connectivity index (χ4n) is 1.63. The molecular formula is C8H11N3O2S. The number of nitrogen functional groups attached to an aromatic ring is 1. The van der Waals surface area contributed by atoms with E-state index in [-0.39, 0.29) is 6.10 Å². The molecule has 6 heteroatoms. The molecule has 1 aliphatic carbocycles. The second-order valence-corrected chi connectivity index (χ2v) is 4.34. The Morgan fingerprint density at radius 3 is 3.14 bits per heavy atom. The molecule has 0 radical (unpaired) electrons. The van der Waals surface area contributed by atoms with E-state index in [0.717, 1.165) is 23.4 Å². The topological polar surface area (TPSA) is 91.2 Å². The van der Waals surface area contributed by atoms with Gasteiger partial charge in [-0.05, 0) is 12.8 Å². The summed E-state index contributed by atoms with van der Waals surface area (Å²) in [5.74, 6) is 0. The number of ether oxygens (including phenoxy) is 1. The standard InChI is InChI=1S/C8H11N3O2S/c9-7-11-5-2-1-4(13-8(10)12)3-6(5)14-7/h4H,1-3H2,(H2,9,11)(H2,10,12). The third kappa shape index (κ3) is 1.79. The summed E-state index contributed by atoms with van der Waals surface area (Å²) in [6.45, 7) is 0. The predicted octanol–water partition coefficient (Wildman–Crippen LogP) is 0.678. The normalized spacial score (nSPS) is 20.1. The molecule has 5 nitrogen and oxygen atoms in total. The summed E-state index contributed by atoms with van der Waals surface area (Å²) in [7, 11) is 0. The van der Waals surface area contributed by atoms with Gasteiger partial charge in [-0.3, -0.25) is 0 Å². The van der Waals surface area contributed by atoms with Crippen molar-refractivity contribution in [3.8, 4) is 0 Å². The highest BCUT2D eigenvalue weighted by molar-refractivity contribution is 7.15. The van der Waals surface area contributed by atoms with Gasteiger partial charge in [-0.25, -0.2) is 9.78 Å². The van der Waals surface area contributed by atoms with Gasteiger partial charge in [0.25, 0.3) is 0 Å². The molecule has 1 atom stereocenters. The molecule has 0 fully saturated rings. The maximum atomic E-state index is 10.5. The van der Waals surface area contributed by atoms with Crippen LogP contribution in [0.15, 0.2) is 0 Å². The van der Waals surface area contributed by atoms with E-state index < -0.39 is 6.09 Å². The summed E-state index contributed by atoms with van der Waals surface area (Å²) in [5.41, 5.74) is 11.6. The molecule has 0 bridgehead atoms. The maximum absolute atomic E-state index is 10.5. The fourth-order valence-corrected chi connectivity index (χ4v) is 2.57. The Morgan fingerprint density at radius 2 is 2.43 bits per heavy atom. The number of nitrogens with two attached hydrogens (primary N) is 2. The molecule has 1 amide bonds. The van der Waals surface area contributed by atoms with Gasteiger partial charge in [-0.15, -0.1) is 11.3 Å². The molecule has 0 spiro atoms. The number of fused-ring (bicyclic) bond motifs is 1. The molecule has 0 aliphatic heterocycles. The van der Waals surface area contributed by atoms with E-state index >= 15 is 0 Å². The van der Waals surface area contributed by atoms with E-state index in [1.807, 2.05) is 0 Å². The van der Waals surface area contributed by atoms with Crippen LogP contribution >= 0.6 is 11.3 Å². The Hall–Kier alpha value is -1.30. The highest BCUT2D eigenvalue weighted by Crippen LogP contribution is 2.29. The lowest BCUT2D eigenvalue weighted by molar-refractivity contribution is 0.0983. The van der Waals surface area contributed by atoms with Crippen molar-refractivity contribution in [1.29, 1.82) is 0 Å². The van der Waals surface area contributed by atoms with Gasteiger partial charge in [0.1, 0.15) is 6.10 Å². The number of hydrogen-bond donors (Lipinski definition) is 2. The Labute approximate surface area is 85.1 Å². The molecule has 0 aromatic carbocycles. The zero-order valence-corrected chi connectivity index (χ0v) is 8.34. The number of hydrogen-bond acceptors (Lipinski definition) is 5. The van der Waals surface area contributed by atoms with Gasteiger partial charge in [-0.1, -0.05) is 0 Å². The average molecular weight is 213 g/mol. The molecule has 1 heterocycles. The minimum atomic E-state index is -0.712. The molecule has 1 unspecified atom stereocenters. The lowest BCUT2D eigenvalue weighted by Gasteiger charge is -2.19. The van der Waals surface area contributed by atoms with E-state index in [1.54, 1.807) is 0 Å². The van der Waals surface area contributed by atoms with Crippen LogP contribution in [0.25, 0.3) is 0 Å². The number of carbonyl (C=O) groups is 1. The minimum absolute atomic E-state index is 0.111. The number of anilines is 1. The smallest absolute Gasteiger partial charge is 0.404 e. The third-order valence-electron chi connectivity index (χ3n) is 2.19. The molecule has 0 saturated heterocycles. The van der Waals surface area contributed by atoms with Crippen molar-refractivity contribution < 1.29 is 9.53 Å². The van der Waals surface area contributed by atoms with Crippen LogP contribution in [0.5, 0.6) is 0 Å². The van der Waals surface area contributed by atoms with Crippen molar-refractivity contribution in [3.63, 3.8) is 0 Å². The zero-order chi connectivity index (χ0) is 10.1. The first-order valence-electron chi connectivity index (χ1n) is 4.35. The van der Waals surface area contributed by atoms with Crippen LogP contribution in [0.2, 0.25) is 0 Å². The van der Waals surface area contributed by atoms with Gasteiger partial charge in [0.2, 0.25) is 0 Å². The molecular weight excluding hydrogens is 202 g/mol. The van der Waals surface area contributed by atoms with Gasteiger partial charge in [0.05, 0.1) is 5.69 Å². The van der Waals surface area contributed by atoms with Gasteiger partial charge in [0, 0.05) is 11.3 Å². The highest BCUT2D eigenvalue weighted by atomic mass is 32.1. The number of thiazole rings is 1. The molecule has 1 aliphatic rings.